The van der Waals surface area contributed by atoms with E-state index in [0.717, 1.165) is 32.4 Å². The summed E-state index contributed by atoms with van der Waals surface area (Å²) in [7, 11) is 0. The van der Waals surface area contributed by atoms with Crippen molar-refractivity contribution in [1.29, 1.82) is 0 Å². The lowest BCUT2D eigenvalue weighted by Gasteiger charge is -2.17. The van der Waals surface area contributed by atoms with Crippen molar-refractivity contribution in [3.63, 3.8) is 0 Å². The summed E-state index contributed by atoms with van der Waals surface area (Å²) < 4.78 is 0. The summed E-state index contributed by atoms with van der Waals surface area (Å²) in [6.45, 7) is 4.17. The van der Waals surface area contributed by atoms with Crippen molar-refractivity contribution in [2.24, 2.45) is 0 Å². The number of nitrogens with one attached hydrogen (secondary N) is 1. The maximum Gasteiger partial charge on any atom is 0.116 e. The van der Waals surface area contributed by atoms with Crippen LogP contribution in [0.4, 0.5) is 0 Å². The van der Waals surface area contributed by atoms with Gasteiger partial charge in [0.05, 0.1) is 5.69 Å². The largest absolute Gasteiger partial charge is 0.311 e. The molecule has 1 aliphatic heterocycles. The van der Waals surface area contributed by atoms with Crippen LogP contribution in [-0.4, -0.2) is 16.5 Å². The van der Waals surface area contributed by atoms with Gasteiger partial charge >= 0.3 is 0 Å². The molecule has 3 heteroatoms. The van der Waals surface area contributed by atoms with Crippen LogP contribution in [0.2, 0.25) is 0 Å². The van der Waals surface area contributed by atoms with Crippen molar-refractivity contribution < 1.29 is 0 Å². The van der Waals surface area contributed by atoms with Crippen LogP contribution in [0.5, 0.6) is 0 Å². The summed E-state index contributed by atoms with van der Waals surface area (Å²) in [5.41, 5.74) is 3.85. The Hall–Kier alpha value is -0.960. The minimum absolute atomic E-state index is 0.911. The molecule has 3 nitrogen and oxygen atoms in total. The highest BCUT2D eigenvalue weighted by molar-refractivity contribution is 5.27. The number of rotatable bonds is 2. The quantitative estimate of drug-likeness (QED) is 0.734. The highest BCUT2D eigenvalue weighted by atomic mass is 14.9. The van der Waals surface area contributed by atoms with Crippen molar-refractivity contribution in [1.82, 2.24) is 15.3 Å². The lowest BCUT2D eigenvalue weighted by molar-refractivity contribution is 0.613. The topological polar surface area (TPSA) is 37.8 Å². The van der Waals surface area contributed by atoms with Gasteiger partial charge < -0.3 is 5.32 Å². The third-order valence-electron chi connectivity index (χ3n) is 2.45. The zero-order chi connectivity index (χ0) is 9.10. The molecule has 70 valence electrons. The molecular weight excluding hydrogens is 162 g/mol. The van der Waals surface area contributed by atoms with Crippen LogP contribution in [-0.2, 0) is 19.4 Å². The van der Waals surface area contributed by atoms with Crippen LogP contribution in [0.15, 0.2) is 6.33 Å². The van der Waals surface area contributed by atoms with E-state index in [9.17, 15) is 0 Å². The molecule has 1 aliphatic rings. The summed E-state index contributed by atoms with van der Waals surface area (Å²) in [5.74, 6) is 0. The average molecular weight is 177 g/mol. The Morgan fingerprint density at radius 3 is 3.23 bits per heavy atom. The van der Waals surface area contributed by atoms with Crippen molar-refractivity contribution in [3.05, 3.63) is 23.3 Å². The van der Waals surface area contributed by atoms with Gasteiger partial charge in [-0.3, -0.25) is 0 Å². The summed E-state index contributed by atoms with van der Waals surface area (Å²) in [5, 5.41) is 3.32. The molecule has 1 N–H and O–H groups in total. The van der Waals surface area contributed by atoms with E-state index in [4.69, 9.17) is 0 Å². The monoisotopic (exact) mass is 177 g/mol. The highest BCUT2D eigenvalue weighted by Gasteiger charge is 2.13. The van der Waals surface area contributed by atoms with E-state index in [1.165, 1.54) is 17.0 Å². The highest BCUT2D eigenvalue weighted by Crippen LogP contribution is 2.15. The van der Waals surface area contributed by atoms with Gasteiger partial charge in [0.1, 0.15) is 6.33 Å². The molecule has 0 saturated heterocycles. The van der Waals surface area contributed by atoms with E-state index < -0.39 is 0 Å². The normalized spacial score (nSPS) is 15.5. The molecule has 0 amide bonds. The second kappa shape index (κ2) is 3.83. The van der Waals surface area contributed by atoms with Crippen molar-refractivity contribution in [2.75, 3.05) is 6.54 Å². The van der Waals surface area contributed by atoms with Crippen LogP contribution in [0, 0.1) is 0 Å². The first-order valence-corrected chi connectivity index (χ1v) is 4.94. The first-order valence-electron chi connectivity index (χ1n) is 4.94. The zero-order valence-electron chi connectivity index (χ0n) is 8.01. The molecule has 13 heavy (non-hydrogen) atoms. The number of aromatic nitrogens is 2. The van der Waals surface area contributed by atoms with Gasteiger partial charge in [0.2, 0.25) is 0 Å². The Morgan fingerprint density at radius 2 is 2.38 bits per heavy atom. The van der Waals surface area contributed by atoms with Gasteiger partial charge in [0.25, 0.3) is 0 Å². The first kappa shape index (κ1) is 8.63. The van der Waals surface area contributed by atoms with Gasteiger partial charge in [-0.15, -0.1) is 0 Å². The van der Waals surface area contributed by atoms with Crippen molar-refractivity contribution >= 4 is 0 Å². The van der Waals surface area contributed by atoms with Crippen molar-refractivity contribution in [2.45, 2.75) is 32.7 Å². The van der Waals surface area contributed by atoms with E-state index in [2.05, 4.69) is 22.2 Å². The van der Waals surface area contributed by atoms with Crippen molar-refractivity contribution in [3.8, 4) is 0 Å². The zero-order valence-corrected chi connectivity index (χ0v) is 8.01. The van der Waals surface area contributed by atoms with Gasteiger partial charge in [0, 0.05) is 12.2 Å². The third kappa shape index (κ3) is 1.70. The fraction of sp³-hybridized carbons (Fsp3) is 0.600. The Bertz CT molecular complexity index is 296. The van der Waals surface area contributed by atoms with Crippen LogP contribution < -0.4 is 5.32 Å². The fourth-order valence-corrected chi connectivity index (χ4v) is 1.80. The number of hydrogen-bond acceptors (Lipinski definition) is 3. The first-order chi connectivity index (χ1) is 6.42. The van der Waals surface area contributed by atoms with Gasteiger partial charge in [-0.05, 0) is 24.9 Å². The van der Waals surface area contributed by atoms with E-state index in [0.29, 0.717) is 0 Å². The minimum Gasteiger partial charge on any atom is -0.311 e. The Labute approximate surface area is 78.6 Å². The Balaban J connectivity index is 2.34. The van der Waals surface area contributed by atoms with Crippen LogP contribution >= 0.6 is 0 Å². The Morgan fingerprint density at radius 1 is 1.46 bits per heavy atom. The number of aryl methyl sites for hydroxylation is 1. The van der Waals surface area contributed by atoms with Gasteiger partial charge in [-0.2, -0.15) is 0 Å². The molecule has 0 bridgehead atoms. The van der Waals surface area contributed by atoms with Gasteiger partial charge in [-0.1, -0.05) is 13.3 Å². The second-order valence-electron chi connectivity index (χ2n) is 3.42. The standard InChI is InChI=1S/C10H15N3/c1-2-3-9-8-4-5-11-6-10(8)13-7-12-9/h7,11H,2-6H2,1H3. The molecule has 0 radical (unpaired) electrons. The smallest absolute Gasteiger partial charge is 0.116 e. The van der Waals surface area contributed by atoms with E-state index >= 15 is 0 Å². The summed E-state index contributed by atoms with van der Waals surface area (Å²) in [6, 6.07) is 0. The molecule has 0 spiro atoms. The number of nitrogens with zero attached hydrogens (tertiary/aromatic N) is 2. The molecule has 0 aliphatic carbocycles. The molecule has 0 aromatic carbocycles. The predicted octanol–water partition coefficient (Wildman–Crippen LogP) is 1.07. The second-order valence-corrected chi connectivity index (χ2v) is 3.42. The van der Waals surface area contributed by atoms with E-state index in [1.807, 2.05) is 0 Å². The van der Waals surface area contributed by atoms with Gasteiger partial charge in [0.15, 0.2) is 0 Å². The molecule has 1 aromatic heterocycles. The molecule has 0 saturated carbocycles. The number of hydrogen-bond donors (Lipinski definition) is 1. The molecular formula is C10H15N3. The minimum atomic E-state index is 0.911. The molecule has 0 fully saturated rings. The Kier molecular flexibility index (Phi) is 2.54. The SMILES string of the molecule is CCCc1ncnc2c1CCNC2. The summed E-state index contributed by atoms with van der Waals surface area (Å²) in [6.07, 6.45) is 5.03. The number of fused-ring (bicyclic) bond motifs is 1. The fourth-order valence-electron chi connectivity index (χ4n) is 1.80. The molecule has 0 unspecified atom stereocenters. The summed E-state index contributed by atoms with van der Waals surface area (Å²) in [4.78, 5) is 8.63. The average Bonchev–Trinajstić information content (AvgIpc) is 2.19. The van der Waals surface area contributed by atoms with Crippen LogP contribution in [0.3, 0.4) is 0 Å². The summed E-state index contributed by atoms with van der Waals surface area (Å²) >= 11 is 0. The lowest BCUT2D eigenvalue weighted by atomic mass is 10.0. The predicted molar refractivity (Wildman–Crippen MR) is 51.4 cm³/mol. The molecule has 2 rings (SSSR count). The third-order valence-corrected chi connectivity index (χ3v) is 2.45. The van der Waals surface area contributed by atoms with E-state index in [1.54, 1.807) is 6.33 Å². The van der Waals surface area contributed by atoms with Gasteiger partial charge in [-0.25, -0.2) is 9.97 Å². The van der Waals surface area contributed by atoms with Crippen LogP contribution in [0.1, 0.15) is 30.3 Å². The molecule has 1 aromatic rings. The van der Waals surface area contributed by atoms with Crippen LogP contribution in [0.25, 0.3) is 0 Å². The molecule has 2 heterocycles. The lowest BCUT2D eigenvalue weighted by Crippen LogP contribution is -2.26. The maximum atomic E-state index is 4.34. The molecule has 0 atom stereocenters. The van der Waals surface area contributed by atoms with E-state index in [-0.39, 0.29) is 0 Å². The maximum absolute atomic E-state index is 4.34.